The first-order chi connectivity index (χ1) is 9.70. The van der Waals surface area contributed by atoms with Gasteiger partial charge in [0.15, 0.2) is 0 Å². The van der Waals surface area contributed by atoms with Gasteiger partial charge in [-0.25, -0.2) is 9.48 Å². The molecule has 1 aromatic carbocycles. The van der Waals surface area contributed by atoms with Crippen molar-refractivity contribution in [3.8, 4) is 5.69 Å². The quantitative estimate of drug-likeness (QED) is 0.681. The van der Waals surface area contributed by atoms with Gasteiger partial charge in [0.2, 0.25) is 0 Å². The minimum absolute atomic E-state index is 0.186. The molecule has 2 aromatic rings. The molecule has 0 saturated heterocycles. The van der Waals surface area contributed by atoms with Crippen molar-refractivity contribution in [2.75, 3.05) is 11.9 Å². The molecule has 0 aliphatic carbocycles. The predicted molar refractivity (Wildman–Crippen MR) is 74.2 cm³/mol. The fraction of sp³-hybridized carbons (Fsp3) is 0.0909. The van der Waals surface area contributed by atoms with Crippen molar-refractivity contribution in [3.63, 3.8) is 0 Å². The molecule has 9 nitrogen and oxygen atoms in total. The second-order valence-electron chi connectivity index (χ2n) is 4.18. The lowest BCUT2D eigenvalue weighted by Gasteiger charge is -2.11. The second-order valence-corrected chi connectivity index (χ2v) is 5.60. The zero-order valence-corrected chi connectivity index (χ0v) is 11.7. The van der Waals surface area contributed by atoms with Gasteiger partial charge >= 0.3 is 6.03 Å². The molecule has 0 saturated carbocycles. The lowest BCUT2D eigenvalue weighted by molar-refractivity contribution is 0.255. The maximum Gasteiger partial charge on any atom is 0.320 e. The first kappa shape index (κ1) is 14.8. The van der Waals surface area contributed by atoms with E-state index in [4.69, 9.17) is 10.3 Å². The Kier molecular flexibility index (Phi) is 3.58. The second kappa shape index (κ2) is 5.07. The highest BCUT2D eigenvalue weighted by molar-refractivity contribution is 7.85. The van der Waals surface area contributed by atoms with Crippen LogP contribution in [0.25, 0.3) is 5.69 Å². The summed E-state index contributed by atoms with van der Waals surface area (Å²) in [6.45, 7) is 0. The number of amides is 2. The van der Waals surface area contributed by atoms with Crippen LogP contribution in [-0.4, -0.2) is 35.8 Å². The number of benzene rings is 1. The van der Waals surface area contributed by atoms with Crippen molar-refractivity contribution < 1.29 is 17.8 Å². The number of nitrogens with zero attached hydrogens (tertiary/aromatic N) is 2. The van der Waals surface area contributed by atoms with Gasteiger partial charge in [-0.15, -0.1) is 0 Å². The number of urea groups is 1. The molecule has 0 bridgehead atoms. The summed E-state index contributed by atoms with van der Waals surface area (Å²) in [5.74, 6) is 0.186. The van der Waals surface area contributed by atoms with E-state index < -0.39 is 21.7 Å². The maximum atomic E-state index is 11.8. The molecule has 0 aliphatic rings. The largest absolute Gasteiger partial charge is 0.351 e. The topological polar surface area (TPSA) is 138 Å². The van der Waals surface area contributed by atoms with Crippen molar-refractivity contribution in [1.82, 2.24) is 9.78 Å². The van der Waals surface area contributed by atoms with Crippen molar-refractivity contribution in [3.05, 3.63) is 40.7 Å². The van der Waals surface area contributed by atoms with E-state index in [9.17, 15) is 18.0 Å². The molecule has 0 unspecified atom stereocenters. The lowest BCUT2D eigenvalue weighted by atomic mass is 10.3. The molecule has 0 aliphatic heterocycles. The minimum Gasteiger partial charge on any atom is -0.351 e. The number of rotatable bonds is 3. The Hall–Kier alpha value is -2.59. The van der Waals surface area contributed by atoms with Crippen LogP contribution in [0.3, 0.4) is 0 Å². The molecule has 1 heterocycles. The highest BCUT2D eigenvalue weighted by Gasteiger charge is 2.13. The lowest BCUT2D eigenvalue weighted by Crippen LogP contribution is -2.32. The summed E-state index contributed by atoms with van der Waals surface area (Å²) in [6, 6.07) is 5.38. The third-order valence-electron chi connectivity index (χ3n) is 2.79. The summed E-state index contributed by atoms with van der Waals surface area (Å²) in [6.07, 6.45) is 0. The van der Waals surface area contributed by atoms with E-state index in [0.717, 1.165) is 21.7 Å². The van der Waals surface area contributed by atoms with E-state index in [1.807, 2.05) is 0 Å². The van der Waals surface area contributed by atoms with Gasteiger partial charge in [0, 0.05) is 13.1 Å². The molecule has 0 fully saturated rings. The molecular weight excluding hydrogens is 300 g/mol. The Morgan fingerprint density at radius 3 is 2.38 bits per heavy atom. The Bertz CT molecular complexity index is 834. The molecule has 4 N–H and O–H groups in total. The molecular formula is C11H12N4O5S. The Morgan fingerprint density at radius 2 is 1.90 bits per heavy atom. The van der Waals surface area contributed by atoms with Crippen molar-refractivity contribution in [2.24, 2.45) is 5.73 Å². The van der Waals surface area contributed by atoms with Crippen LogP contribution in [0.15, 0.2) is 40.0 Å². The fourth-order valence-electron chi connectivity index (χ4n) is 1.63. The third-order valence-corrected chi connectivity index (χ3v) is 3.66. The van der Waals surface area contributed by atoms with E-state index in [1.54, 1.807) is 0 Å². The molecule has 1 aromatic heterocycles. The molecule has 21 heavy (non-hydrogen) atoms. The summed E-state index contributed by atoms with van der Waals surface area (Å²) in [5, 5.41) is 2.65. The van der Waals surface area contributed by atoms with E-state index >= 15 is 0 Å². The molecule has 112 valence electrons. The Balaban J connectivity index is 2.44. The van der Waals surface area contributed by atoms with Crippen molar-refractivity contribution in [1.29, 1.82) is 0 Å². The molecule has 0 atom stereocenters. The SMILES string of the molecule is CN(C(N)=O)c1cc(=O)n(-c2ccc(S(=O)(=O)O)cc2)[nH]1. The van der Waals surface area contributed by atoms with Gasteiger partial charge in [0.05, 0.1) is 10.6 Å². The van der Waals surface area contributed by atoms with Gasteiger partial charge in [-0.05, 0) is 24.3 Å². The summed E-state index contributed by atoms with van der Waals surface area (Å²) >= 11 is 0. The van der Waals surface area contributed by atoms with Gasteiger partial charge < -0.3 is 5.73 Å². The standard InChI is InChI=1S/C11H12N4O5S/c1-14(11(12)17)9-6-10(16)15(13-9)7-2-4-8(5-3-7)21(18,19)20/h2-6,13H,1H3,(H2,12,17)(H,18,19,20). The zero-order chi connectivity index (χ0) is 15.8. The van der Waals surface area contributed by atoms with Crippen LogP contribution in [0.5, 0.6) is 0 Å². The minimum atomic E-state index is -4.30. The first-order valence-corrected chi connectivity index (χ1v) is 7.07. The van der Waals surface area contributed by atoms with Gasteiger partial charge in [0.25, 0.3) is 15.7 Å². The fourth-order valence-corrected chi connectivity index (χ4v) is 2.11. The third kappa shape index (κ3) is 2.95. The first-order valence-electron chi connectivity index (χ1n) is 5.63. The molecule has 10 heteroatoms. The van der Waals surface area contributed by atoms with E-state index in [1.165, 1.54) is 25.2 Å². The number of anilines is 1. The van der Waals surface area contributed by atoms with E-state index in [0.29, 0.717) is 5.69 Å². The van der Waals surface area contributed by atoms with Gasteiger partial charge in [-0.2, -0.15) is 8.42 Å². The predicted octanol–water partition coefficient (Wildman–Crippen LogP) is -0.0728. The monoisotopic (exact) mass is 312 g/mol. The van der Waals surface area contributed by atoms with Crippen LogP contribution in [0.2, 0.25) is 0 Å². The Morgan fingerprint density at radius 1 is 1.33 bits per heavy atom. The van der Waals surface area contributed by atoms with Crippen LogP contribution in [0, 0.1) is 0 Å². The van der Waals surface area contributed by atoms with Crippen molar-refractivity contribution in [2.45, 2.75) is 4.90 Å². The number of hydrogen-bond acceptors (Lipinski definition) is 4. The molecule has 0 spiro atoms. The highest BCUT2D eigenvalue weighted by Crippen LogP contribution is 2.13. The number of nitrogens with two attached hydrogens (primary N) is 1. The van der Waals surface area contributed by atoms with Crippen LogP contribution in [0.1, 0.15) is 0 Å². The summed E-state index contributed by atoms with van der Waals surface area (Å²) < 4.78 is 31.9. The summed E-state index contributed by atoms with van der Waals surface area (Å²) in [7, 11) is -2.91. The van der Waals surface area contributed by atoms with Gasteiger partial charge in [-0.1, -0.05) is 0 Å². The molecule has 2 rings (SSSR count). The van der Waals surface area contributed by atoms with Crippen molar-refractivity contribution >= 4 is 22.0 Å². The summed E-state index contributed by atoms with van der Waals surface area (Å²) in [4.78, 5) is 23.6. The van der Waals surface area contributed by atoms with Gasteiger partial charge in [0.1, 0.15) is 5.82 Å². The normalized spacial score (nSPS) is 11.3. The number of aromatic nitrogens is 2. The van der Waals surface area contributed by atoms with E-state index in [2.05, 4.69) is 5.10 Å². The average Bonchev–Trinajstić information content (AvgIpc) is 2.79. The molecule has 2 amide bonds. The number of H-pyrrole nitrogens is 1. The van der Waals surface area contributed by atoms with Crippen LogP contribution in [0.4, 0.5) is 10.6 Å². The number of carbonyl (C=O) groups is 1. The number of aromatic amines is 1. The van der Waals surface area contributed by atoms with Crippen LogP contribution >= 0.6 is 0 Å². The average molecular weight is 312 g/mol. The van der Waals surface area contributed by atoms with Crippen LogP contribution in [-0.2, 0) is 10.1 Å². The van der Waals surface area contributed by atoms with Crippen LogP contribution < -0.4 is 16.2 Å². The number of nitrogens with one attached hydrogen (secondary N) is 1. The maximum absolute atomic E-state index is 11.8. The van der Waals surface area contributed by atoms with Gasteiger partial charge in [-0.3, -0.25) is 19.3 Å². The number of carbonyl (C=O) groups excluding carboxylic acids is 1. The molecule has 0 radical (unpaired) electrons. The zero-order valence-electron chi connectivity index (χ0n) is 10.8. The number of hydrogen-bond donors (Lipinski definition) is 3. The smallest absolute Gasteiger partial charge is 0.320 e. The number of primary amides is 1. The highest BCUT2D eigenvalue weighted by atomic mass is 32.2. The summed E-state index contributed by atoms with van der Waals surface area (Å²) in [5.41, 5.74) is 4.96. The van der Waals surface area contributed by atoms with E-state index in [-0.39, 0.29) is 10.7 Å². The Labute approximate surface area is 119 Å².